The zero-order valence-electron chi connectivity index (χ0n) is 15.8. The Morgan fingerprint density at radius 3 is 2.87 bits per heavy atom. The van der Waals surface area contributed by atoms with Gasteiger partial charge in [0.1, 0.15) is 5.82 Å². The Hall–Kier alpha value is -2.23. The maximum Gasteiger partial charge on any atom is 0.350 e. The molecule has 0 aliphatic carbocycles. The molecule has 2 heterocycles. The Morgan fingerprint density at radius 2 is 2.19 bits per heavy atom. The van der Waals surface area contributed by atoms with Gasteiger partial charge in [-0.25, -0.2) is 22.4 Å². The third-order valence-electron chi connectivity index (χ3n) is 4.59. The summed E-state index contributed by atoms with van der Waals surface area (Å²) in [6.07, 6.45) is 1.05. The smallest absolute Gasteiger partial charge is 0.350 e. The van der Waals surface area contributed by atoms with Crippen molar-refractivity contribution in [2.75, 3.05) is 25.0 Å². The number of aliphatic imine (C=N–C) groups is 1. The van der Waals surface area contributed by atoms with Crippen LogP contribution in [0.2, 0.25) is 0 Å². The zero-order valence-corrected chi connectivity index (χ0v) is 18.2. The van der Waals surface area contributed by atoms with Crippen molar-refractivity contribution in [3.05, 3.63) is 34.2 Å². The summed E-state index contributed by atoms with van der Waals surface area (Å²) >= 11 is 3.04. The minimum atomic E-state index is -4.64. The summed E-state index contributed by atoms with van der Waals surface area (Å²) in [5, 5.41) is 19.7. The maximum atomic E-state index is 13.4. The highest BCUT2D eigenvalue weighted by Crippen LogP contribution is 2.25. The lowest BCUT2D eigenvalue weighted by molar-refractivity contribution is 0.203. The molecular weight excluding hydrogens is 509 g/mol. The van der Waals surface area contributed by atoms with Gasteiger partial charge in [-0.1, -0.05) is 0 Å². The average molecular weight is 527 g/mol. The molecule has 1 aromatic heterocycles. The molecule has 170 valence electrons. The number of aromatic nitrogens is 2. The summed E-state index contributed by atoms with van der Waals surface area (Å²) in [4.78, 5) is 4.13. The van der Waals surface area contributed by atoms with Crippen LogP contribution in [0, 0.1) is 11.7 Å². The molecule has 1 aliphatic rings. The van der Waals surface area contributed by atoms with Gasteiger partial charge in [-0.15, -0.1) is 0 Å². The van der Waals surface area contributed by atoms with Gasteiger partial charge < -0.3 is 5.32 Å². The van der Waals surface area contributed by atoms with E-state index in [0.29, 0.717) is 18.5 Å². The number of piperidine rings is 1. The first-order chi connectivity index (χ1) is 14.7. The number of amidine groups is 1. The van der Waals surface area contributed by atoms with Crippen LogP contribution in [0.1, 0.15) is 18.5 Å². The monoisotopic (exact) mass is 526 g/mol. The van der Waals surface area contributed by atoms with Crippen LogP contribution >= 0.6 is 15.9 Å². The van der Waals surface area contributed by atoms with Gasteiger partial charge in [0.2, 0.25) is 5.82 Å². The molecule has 0 radical (unpaired) electrons. The summed E-state index contributed by atoms with van der Waals surface area (Å²) in [6, 6.07) is 3.94. The Labute approximate surface area is 183 Å². The number of anilines is 1. The quantitative estimate of drug-likeness (QED) is 0.285. The van der Waals surface area contributed by atoms with Crippen molar-refractivity contribution in [1.82, 2.24) is 20.1 Å². The van der Waals surface area contributed by atoms with Crippen molar-refractivity contribution in [3.8, 4) is 0 Å². The van der Waals surface area contributed by atoms with Crippen molar-refractivity contribution in [2.24, 2.45) is 10.9 Å². The van der Waals surface area contributed by atoms with E-state index in [1.165, 1.54) is 18.2 Å². The van der Waals surface area contributed by atoms with Crippen molar-refractivity contribution in [1.29, 1.82) is 0 Å². The van der Waals surface area contributed by atoms with E-state index in [9.17, 15) is 26.8 Å². The molecule has 3 rings (SSSR count). The molecule has 0 saturated carbocycles. The lowest BCUT2D eigenvalue weighted by Crippen LogP contribution is -2.44. The average Bonchev–Trinajstić information content (AvgIpc) is 3.21. The van der Waals surface area contributed by atoms with Crippen LogP contribution < -0.4 is 10.8 Å². The summed E-state index contributed by atoms with van der Waals surface area (Å²) in [5.74, 6) is -4.27. The molecule has 1 saturated heterocycles. The number of alkyl halides is 2. The fourth-order valence-corrected chi connectivity index (χ4v) is 4.45. The van der Waals surface area contributed by atoms with Crippen LogP contribution in [-0.2, 0) is 10.0 Å². The van der Waals surface area contributed by atoms with Gasteiger partial charge in [-0.3, -0.25) is 10.7 Å². The van der Waals surface area contributed by atoms with Crippen LogP contribution in [0.5, 0.6) is 0 Å². The lowest BCUT2D eigenvalue weighted by Gasteiger charge is -2.31. The lowest BCUT2D eigenvalue weighted by atomic mass is 10.00. The summed E-state index contributed by atoms with van der Waals surface area (Å²) in [5.41, 5.74) is 2.17. The molecule has 31 heavy (non-hydrogen) atoms. The number of rotatable bonds is 7. The molecule has 0 bridgehead atoms. The predicted octanol–water partition coefficient (Wildman–Crippen LogP) is 2.70. The highest BCUT2D eigenvalue weighted by molar-refractivity contribution is 9.10. The Kier molecular flexibility index (Phi) is 7.51. The third-order valence-corrected chi connectivity index (χ3v) is 6.70. The second kappa shape index (κ2) is 9.93. The second-order valence-corrected chi connectivity index (χ2v) is 9.44. The SMILES string of the molecule is O=S(=O)(C(F)F)N1CCCC(CNc2nonc2C(=Nc2ccc(F)c(Br)c2)NO)C1. The summed E-state index contributed by atoms with van der Waals surface area (Å²) in [7, 11) is -4.64. The fourth-order valence-electron chi connectivity index (χ4n) is 3.05. The molecule has 10 nitrogen and oxygen atoms in total. The van der Waals surface area contributed by atoms with Crippen molar-refractivity contribution in [3.63, 3.8) is 0 Å². The van der Waals surface area contributed by atoms with E-state index in [1.54, 1.807) is 0 Å². The normalized spacial score (nSPS) is 18.4. The molecular formula is C16H18BrF3N6O4S. The van der Waals surface area contributed by atoms with Crippen molar-refractivity contribution >= 4 is 43.3 Å². The van der Waals surface area contributed by atoms with Crippen molar-refractivity contribution in [2.45, 2.75) is 18.6 Å². The number of nitrogens with zero attached hydrogens (tertiary/aromatic N) is 4. The maximum absolute atomic E-state index is 13.4. The van der Waals surface area contributed by atoms with Gasteiger partial charge in [0.05, 0.1) is 10.2 Å². The second-order valence-electron chi connectivity index (χ2n) is 6.68. The molecule has 1 fully saturated rings. The van der Waals surface area contributed by atoms with E-state index >= 15 is 0 Å². The molecule has 3 N–H and O–H groups in total. The number of hydrogen-bond acceptors (Lipinski definition) is 8. The molecule has 0 amide bonds. The number of nitrogens with one attached hydrogen (secondary N) is 2. The topological polar surface area (TPSA) is 133 Å². The number of hydrogen-bond donors (Lipinski definition) is 3. The highest BCUT2D eigenvalue weighted by Gasteiger charge is 2.35. The third kappa shape index (κ3) is 5.53. The number of benzene rings is 1. The van der Waals surface area contributed by atoms with E-state index < -0.39 is 21.6 Å². The van der Waals surface area contributed by atoms with E-state index in [2.05, 4.69) is 41.2 Å². The Morgan fingerprint density at radius 1 is 1.42 bits per heavy atom. The van der Waals surface area contributed by atoms with Gasteiger partial charge in [0.25, 0.3) is 10.0 Å². The fraction of sp³-hybridized carbons (Fsp3) is 0.438. The summed E-state index contributed by atoms with van der Waals surface area (Å²) < 4.78 is 68.0. The Balaban J connectivity index is 1.71. The van der Waals surface area contributed by atoms with Crippen LogP contribution in [0.15, 0.2) is 32.3 Å². The van der Waals surface area contributed by atoms with Crippen molar-refractivity contribution < 1.29 is 31.4 Å². The van der Waals surface area contributed by atoms with Gasteiger partial charge in [0.15, 0.2) is 11.5 Å². The van der Waals surface area contributed by atoms with E-state index in [0.717, 1.165) is 4.31 Å². The van der Waals surface area contributed by atoms with E-state index in [1.807, 2.05) is 5.48 Å². The Bertz CT molecular complexity index is 1050. The van der Waals surface area contributed by atoms with Gasteiger partial charge >= 0.3 is 5.76 Å². The largest absolute Gasteiger partial charge is 0.365 e. The van der Waals surface area contributed by atoms with Crippen LogP contribution in [0.3, 0.4) is 0 Å². The number of hydroxylamine groups is 1. The number of sulfonamides is 1. The minimum absolute atomic E-state index is 0.0100. The molecule has 1 atom stereocenters. The minimum Gasteiger partial charge on any atom is -0.365 e. The van der Waals surface area contributed by atoms with Gasteiger partial charge in [-0.2, -0.15) is 13.1 Å². The van der Waals surface area contributed by atoms with E-state index in [4.69, 9.17) is 0 Å². The zero-order chi connectivity index (χ0) is 22.6. The van der Waals surface area contributed by atoms with Crippen LogP contribution in [-0.4, -0.2) is 59.5 Å². The molecule has 1 unspecified atom stereocenters. The van der Waals surface area contributed by atoms with Crippen LogP contribution in [0.25, 0.3) is 0 Å². The molecule has 15 heteroatoms. The first-order valence-corrected chi connectivity index (χ1v) is 11.3. The van der Waals surface area contributed by atoms with Gasteiger partial charge in [0, 0.05) is 19.6 Å². The molecule has 1 aliphatic heterocycles. The number of halogens is 4. The standard InChI is InChI=1S/C16H18BrF3N6O4S/c17-11-6-10(3-4-12(11)18)22-15(23-27)13-14(25-30-24-13)21-7-9-2-1-5-26(8-9)31(28,29)16(19)20/h3-4,6,9,16,27H,1-2,5,7-8H2,(H,21,25)(H,22,23). The van der Waals surface area contributed by atoms with E-state index in [-0.39, 0.29) is 47.4 Å². The first-order valence-electron chi connectivity index (χ1n) is 9.00. The molecule has 0 spiro atoms. The predicted molar refractivity (Wildman–Crippen MR) is 107 cm³/mol. The van der Waals surface area contributed by atoms with Crippen LogP contribution in [0.4, 0.5) is 24.7 Å². The molecule has 1 aromatic carbocycles. The highest BCUT2D eigenvalue weighted by atomic mass is 79.9. The summed E-state index contributed by atoms with van der Waals surface area (Å²) in [6.45, 7) is 0.165. The molecule has 2 aromatic rings. The first kappa shape index (κ1) is 23.4. The van der Waals surface area contributed by atoms with Gasteiger partial charge in [-0.05, 0) is 63.2 Å².